The predicted octanol–water partition coefficient (Wildman–Crippen LogP) is -0.435. The summed E-state index contributed by atoms with van der Waals surface area (Å²) in [7, 11) is 0. The predicted molar refractivity (Wildman–Crippen MR) is 49.8 cm³/mol. The van der Waals surface area contributed by atoms with Gasteiger partial charge in [0.15, 0.2) is 6.54 Å². The van der Waals surface area contributed by atoms with E-state index in [0.29, 0.717) is 5.69 Å². The highest BCUT2D eigenvalue weighted by Gasteiger charge is 2.10. The third kappa shape index (κ3) is 2.30. The Hall–Kier alpha value is -1.88. The van der Waals surface area contributed by atoms with Crippen molar-refractivity contribution in [3.8, 4) is 0 Å². The fourth-order valence-electron chi connectivity index (χ4n) is 0.991. The number of benzene rings is 1. The molecule has 0 heterocycles. The maximum Gasteiger partial charge on any atom is 0.337 e. The van der Waals surface area contributed by atoms with Gasteiger partial charge in [-0.25, -0.2) is 4.79 Å². The largest absolute Gasteiger partial charge is 0.478 e. The molecule has 0 radical (unpaired) electrons. The van der Waals surface area contributed by atoms with E-state index in [0.717, 1.165) is 0 Å². The van der Waals surface area contributed by atoms with Gasteiger partial charge in [0.2, 0.25) is 0 Å². The normalized spacial score (nSPS) is 9.50. The molecule has 0 aromatic heterocycles. The fourth-order valence-corrected chi connectivity index (χ4v) is 0.991. The van der Waals surface area contributed by atoms with Crippen LogP contribution in [0.2, 0.25) is 0 Å². The number of hydrogen-bond acceptors (Lipinski definition) is 2. The second-order valence-electron chi connectivity index (χ2n) is 2.65. The molecule has 0 spiro atoms. The first-order valence-electron chi connectivity index (χ1n) is 4.06. The van der Waals surface area contributed by atoms with Crippen LogP contribution in [0.15, 0.2) is 24.3 Å². The minimum Gasteiger partial charge on any atom is -0.478 e. The molecule has 0 atom stereocenters. The second kappa shape index (κ2) is 4.38. The molecule has 0 fully saturated rings. The highest BCUT2D eigenvalue weighted by Crippen LogP contribution is 2.14. The Balaban J connectivity index is 2.95. The number of rotatable bonds is 3. The molecule has 1 rings (SSSR count). The van der Waals surface area contributed by atoms with Crippen molar-refractivity contribution in [2.45, 2.75) is 0 Å². The van der Waals surface area contributed by atoms with Crippen LogP contribution in [0.1, 0.15) is 10.4 Å². The summed E-state index contributed by atoms with van der Waals surface area (Å²) in [5.74, 6) is -1.37. The number of anilines is 1. The number of carboxylic acid groups (broad SMARTS) is 1. The zero-order chi connectivity index (χ0) is 10.6. The summed E-state index contributed by atoms with van der Waals surface area (Å²) >= 11 is 0. The number of amides is 1. The number of carbonyl (C=O) groups excluding carboxylic acids is 1. The molecule has 1 aromatic rings. The van der Waals surface area contributed by atoms with Gasteiger partial charge >= 0.3 is 5.97 Å². The smallest absolute Gasteiger partial charge is 0.337 e. The maximum absolute atomic E-state index is 11.0. The van der Waals surface area contributed by atoms with E-state index in [4.69, 9.17) is 5.11 Å². The van der Waals surface area contributed by atoms with Crippen LogP contribution >= 0.6 is 0 Å². The van der Waals surface area contributed by atoms with Gasteiger partial charge in [-0.05, 0) is 12.1 Å². The van der Waals surface area contributed by atoms with Crippen LogP contribution < -0.4 is 11.1 Å². The van der Waals surface area contributed by atoms with Crippen LogP contribution in [0.3, 0.4) is 0 Å². The van der Waals surface area contributed by atoms with Crippen LogP contribution in [0.25, 0.3) is 0 Å². The lowest BCUT2D eigenvalue weighted by molar-refractivity contribution is -0.353. The molecule has 5 heteroatoms. The quantitative estimate of drug-likeness (QED) is 0.610. The van der Waals surface area contributed by atoms with E-state index in [1.807, 2.05) is 0 Å². The van der Waals surface area contributed by atoms with Crippen molar-refractivity contribution in [3.05, 3.63) is 29.8 Å². The third-order valence-corrected chi connectivity index (χ3v) is 1.66. The minimum absolute atomic E-state index is 0.0773. The van der Waals surface area contributed by atoms with Crippen molar-refractivity contribution in [2.24, 2.45) is 0 Å². The minimum atomic E-state index is -1.06. The molecule has 1 aromatic carbocycles. The Morgan fingerprint density at radius 2 is 2.00 bits per heavy atom. The van der Waals surface area contributed by atoms with Crippen LogP contribution in [-0.4, -0.2) is 23.5 Å². The molecule has 0 aliphatic rings. The standard InChI is InChI=1S/C9H10N2O3/c10-5-8(12)11-7-4-2-1-3-6(7)9(13)14/h1-4H,5,10H2,(H,11,12)(H,13,14)/p+1. The first-order chi connectivity index (χ1) is 6.65. The number of para-hydroxylation sites is 1. The summed E-state index contributed by atoms with van der Waals surface area (Å²) in [6, 6.07) is 6.23. The van der Waals surface area contributed by atoms with Crippen molar-refractivity contribution in [1.29, 1.82) is 0 Å². The average molecular weight is 195 g/mol. The summed E-state index contributed by atoms with van der Waals surface area (Å²) in [5, 5.41) is 11.2. The first-order valence-corrected chi connectivity index (χ1v) is 4.06. The lowest BCUT2D eigenvalue weighted by Gasteiger charge is -2.05. The summed E-state index contributed by atoms with van der Waals surface area (Å²) in [4.78, 5) is 21.7. The Kier molecular flexibility index (Phi) is 3.19. The topological polar surface area (TPSA) is 94.0 Å². The van der Waals surface area contributed by atoms with E-state index < -0.39 is 5.97 Å². The highest BCUT2D eigenvalue weighted by atomic mass is 16.4. The monoisotopic (exact) mass is 195 g/mol. The maximum atomic E-state index is 11.0. The molecule has 74 valence electrons. The van der Waals surface area contributed by atoms with Gasteiger partial charge in [-0.3, -0.25) is 4.79 Å². The molecule has 0 bridgehead atoms. The highest BCUT2D eigenvalue weighted by molar-refractivity contribution is 6.00. The summed E-state index contributed by atoms with van der Waals surface area (Å²) in [6.45, 7) is 0.0773. The van der Waals surface area contributed by atoms with Crippen LogP contribution in [-0.2, 0) is 4.79 Å². The number of carboxylic acids is 1. The molecular weight excluding hydrogens is 184 g/mol. The molecular formula is C9H11N2O3+. The number of quaternary nitrogens is 1. The van der Waals surface area contributed by atoms with Crippen LogP contribution in [0.4, 0.5) is 5.69 Å². The molecule has 0 saturated carbocycles. The molecule has 5 nitrogen and oxygen atoms in total. The second-order valence-corrected chi connectivity index (χ2v) is 2.65. The van der Waals surface area contributed by atoms with Crippen LogP contribution in [0.5, 0.6) is 0 Å². The van der Waals surface area contributed by atoms with E-state index in [1.54, 1.807) is 12.1 Å². The molecule has 0 unspecified atom stereocenters. The van der Waals surface area contributed by atoms with E-state index in [2.05, 4.69) is 11.1 Å². The number of nitrogens with one attached hydrogen (secondary N) is 1. The van der Waals surface area contributed by atoms with Gasteiger partial charge in [0.1, 0.15) is 0 Å². The van der Waals surface area contributed by atoms with E-state index in [1.165, 1.54) is 12.1 Å². The van der Waals surface area contributed by atoms with Crippen molar-refractivity contribution in [2.75, 3.05) is 11.9 Å². The van der Waals surface area contributed by atoms with Gasteiger partial charge in [0.05, 0.1) is 11.3 Å². The van der Waals surface area contributed by atoms with Gasteiger partial charge in [-0.15, -0.1) is 0 Å². The van der Waals surface area contributed by atoms with Crippen LogP contribution in [0, 0.1) is 0 Å². The Bertz CT molecular complexity index is 363. The lowest BCUT2D eigenvalue weighted by Crippen LogP contribution is -2.55. The molecule has 5 N–H and O–H groups in total. The van der Waals surface area contributed by atoms with E-state index >= 15 is 0 Å². The number of carbonyl (C=O) groups is 2. The molecule has 1 amide bonds. The number of aromatic carboxylic acids is 1. The molecule has 14 heavy (non-hydrogen) atoms. The number of hydrogen-bond donors (Lipinski definition) is 3. The van der Waals surface area contributed by atoms with Crippen molar-refractivity contribution >= 4 is 17.6 Å². The Labute approximate surface area is 80.5 Å². The summed E-state index contributed by atoms with van der Waals surface area (Å²) in [5.41, 5.74) is 3.77. The fraction of sp³-hybridized carbons (Fsp3) is 0.111. The molecule has 0 aliphatic heterocycles. The first kappa shape index (κ1) is 10.2. The zero-order valence-corrected chi connectivity index (χ0v) is 7.49. The van der Waals surface area contributed by atoms with E-state index in [9.17, 15) is 9.59 Å². The van der Waals surface area contributed by atoms with Crippen molar-refractivity contribution in [3.63, 3.8) is 0 Å². The molecule has 0 saturated heterocycles. The van der Waals surface area contributed by atoms with Gasteiger partial charge in [-0.1, -0.05) is 12.1 Å². The Morgan fingerprint density at radius 1 is 1.36 bits per heavy atom. The third-order valence-electron chi connectivity index (χ3n) is 1.66. The SMILES string of the molecule is [NH3+]CC(=O)Nc1ccccc1C(=O)O. The van der Waals surface area contributed by atoms with E-state index in [-0.39, 0.29) is 18.0 Å². The van der Waals surface area contributed by atoms with Crippen molar-refractivity contribution in [1.82, 2.24) is 0 Å². The summed E-state index contributed by atoms with van der Waals surface area (Å²) in [6.07, 6.45) is 0. The molecule has 0 aliphatic carbocycles. The zero-order valence-electron chi connectivity index (χ0n) is 7.49. The van der Waals surface area contributed by atoms with Gasteiger partial charge in [-0.2, -0.15) is 0 Å². The van der Waals surface area contributed by atoms with Gasteiger partial charge < -0.3 is 16.2 Å². The van der Waals surface area contributed by atoms with Gasteiger partial charge in [0, 0.05) is 0 Å². The lowest BCUT2D eigenvalue weighted by atomic mass is 10.2. The Morgan fingerprint density at radius 3 is 2.57 bits per heavy atom. The summed E-state index contributed by atoms with van der Waals surface area (Å²) < 4.78 is 0. The van der Waals surface area contributed by atoms with Gasteiger partial charge in [0.25, 0.3) is 5.91 Å². The average Bonchev–Trinajstić information content (AvgIpc) is 2.18. The van der Waals surface area contributed by atoms with Crippen molar-refractivity contribution < 1.29 is 20.4 Å².